The van der Waals surface area contributed by atoms with Gasteiger partial charge in [0.15, 0.2) is 11.5 Å². The highest BCUT2D eigenvalue weighted by Crippen LogP contribution is 2.16. The van der Waals surface area contributed by atoms with Crippen molar-refractivity contribution >= 4 is 17.4 Å². The summed E-state index contributed by atoms with van der Waals surface area (Å²) in [6.45, 7) is 7.12. The third-order valence-corrected chi connectivity index (χ3v) is 7.23. The maximum absolute atomic E-state index is 12.7. The van der Waals surface area contributed by atoms with E-state index >= 15 is 0 Å². The van der Waals surface area contributed by atoms with Crippen molar-refractivity contribution in [1.82, 2.24) is 34.9 Å². The molecule has 2 saturated heterocycles. The van der Waals surface area contributed by atoms with Gasteiger partial charge in [-0.15, -0.1) is 15.3 Å². The van der Waals surface area contributed by atoms with Crippen molar-refractivity contribution in [3.63, 3.8) is 0 Å². The number of piperidine rings is 1. The number of fused-ring (bicyclic) bond motifs is 1. The summed E-state index contributed by atoms with van der Waals surface area (Å²) >= 11 is 0. The Kier molecular flexibility index (Phi) is 7.54. The maximum Gasteiger partial charge on any atom is 0.220 e. The number of rotatable bonds is 8. The average molecular weight is 477 g/mol. The van der Waals surface area contributed by atoms with E-state index in [1.165, 1.54) is 5.56 Å². The third-order valence-electron chi connectivity index (χ3n) is 7.23. The van der Waals surface area contributed by atoms with Crippen LogP contribution in [0.15, 0.2) is 42.5 Å². The lowest BCUT2D eigenvalue weighted by atomic mass is 10.0. The lowest BCUT2D eigenvalue weighted by molar-refractivity contribution is -0.122. The summed E-state index contributed by atoms with van der Waals surface area (Å²) in [7, 11) is 2.15. The first-order chi connectivity index (χ1) is 17.1. The Hall–Kier alpha value is -3.04. The Balaban J connectivity index is 1.08. The van der Waals surface area contributed by atoms with Crippen LogP contribution < -0.4 is 10.2 Å². The van der Waals surface area contributed by atoms with Crippen LogP contribution in [0.3, 0.4) is 0 Å². The molecule has 9 nitrogen and oxygen atoms in total. The number of hydrogen-bond acceptors (Lipinski definition) is 7. The summed E-state index contributed by atoms with van der Waals surface area (Å²) in [4.78, 5) is 19.8. The lowest BCUT2D eigenvalue weighted by Crippen LogP contribution is -2.45. The van der Waals surface area contributed by atoms with E-state index < -0.39 is 0 Å². The van der Waals surface area contributed by atoms with Crippen LogP contribution in [0.25, 0.3) is 5.65 Å². The number of amides is 1. The predicted octanol–water partition coefficient (Wildman–Crippen LogP) is 1.63. The van der Waals surface area contributed by atoms with Crippen LogP contribution in [-0.4, -0.2) is 94.4 Å². The zero-order chi connectivity index (χ0) is 24.0. The second-order valence-electron chi connectivity index (χ2n) is 9.79. The molecule has 5 rings (SSSR count). The molecule has 0 unspecified atom stereocenters. The Bertz CT molecular complexity index is 1100. The highest BCUT2D eigenvalue weighted by atomic mass is 16.1. The van der Waals surface area contributed by atoms with Gasteiger partial charge >= 0.3 is 0 Å². The molecular formula is C26H36N8O. The van der Waals surface area contributed by atoms with Gasteiger partial charge in [-0.05, 0) is 44.0 Å². The molecule has 0 bridgehead atoms. The quantitative estimate of drug-likeness (QED) is 0.529. The number of anilines is 1. The van der Waals surface area contributed by atoms with Crippen LogP contribution in [-0.2, 0) is 17.6 Å². The number of aryl methyl sites for hydroxylation is 1. The van der Waals surface area contributed by atoms with Gasteiger partial charge in [-0.1, -0.05) is 30.3 Å². The van der Waals surface area contributed by atoms with Crippen LogP contribution >= 0.6 is 0 Å². The van der Waals surface area contributed by atoms with E-state index in [-0.39, 0.29) is 11.9 Å². The number of hydrogen-bond donors (Lipinski definition) is 1. The van der Waals surface area contributed by atoms with E-state index in [0.717, 1.165) is 82.4 Å². The molecule has 35 heavy (non-hydrogen) atoms. The minimum Gasteiger partial charge on any atom is -0.353 e. The second kappa shape index (κ2) is 11.1. The van der Waals surface area contributed by atoms with Crippen molar-refractivity contribution < 1.29 is 4.79 Å². The minimum atomic E-state index is 0.0831. The smallest absolute Gasteiger partial charge is 0.220 e. The van der Waals surface area contributed by atoms with Gasteiger partial charge in [0.25, 0.3) is 0 Å². The van der Waals surface area contributed by atoms with Gasteiger partial charge in [0.1, 0.15) is 5.82 Å². The molecule has 2 fully saturated rings. The Labute approximate surface area is 207 Å². The van der Waals surface area contributed by atoms with Crippen molar-refractivity contribution in [3.8, 4) is 0 Å². The monoisotopic (exact) mass is 476 g/mol. The number of carbonyl (C=O) groups is 1. The van der Waals surface area contributed by atoms with Crippen molar-refractivity contribution in [2.24, 2.45) is 0 Å². The molecular weight excluding hydrogens is 440 g/mol. The molecule has 4 heterocycles. The molecule has 186 valence electrons. The molecule has 2 aliphatic rings. The molecule has 0 aliphatic carbocycles. The number of aromatic nitrogens is 4. The first kappa shape index (κ1) is 23.7. The number of likely N-dealkylation sites (N-methyl/N-ethyl adjacent to an activating group) is 1. The molecule has 0 spiro atoms. The molecule has 0 radical (unpaired) electrons. The van der Waals surface area contributed by atoms with E-state index in [0.29, 0.717) is 12.8 Å². The van der Waals surface area contributed by atoms with Crippen LogP contribution in [0.1, 0.15) is 30.7 Å². The Morgan fingerprint density at radius 2 is 1.71 bits per heavy atom. The number of nitrogens with zero attached hydrogens (tertiary/aromatic N) is 7. The molecule has 2 aliphatic heterocycles. The number of benzene rings is 1. The predicted molar refractivity (Wildman–Crippen MR) is 137 cm³/mol. The summed E-state index contributed by atoms with van der Waals surface area (Å²) in [5.74, 6) is 1.76. The standard InChI is InChI=1S/C26H36N8O/c1-31-17-19-33(20-18-31)25-8-7-23-28-29-24(34(23)30-25)9-10-26(35)27-22-12-15-32(16-13-22)14-11-21-5-3-2-4-6-21/h2-8,22H,9-20H2,1H3,(H,27,35). The summed E-state index contributed by atoms with van der Waals surface area (Å²) < 4.78 is 1.80. The number of piperazine rings is 1. The van der Waals surface area contributed by atoms with Gasteiger partial charge in [0.2, 0.25) is 5.91 Å². The fourth-order valence-corrected chi connectivity index (χ4v) is 4.94. The van der Waals surface area contributed by atoms with Crippen LogP contribution in [0, 0.1) is 0 Å². The molecule has 3 aromatic rings. The van der Waals surface area contributed by atoms with Crippen molar-refractivity contribution in [1.29, 1.82) is 0 Å². The molecule has 1 amide bonds. The van der Waals surface area contributed by atoms with Gasteiger partial charge in [-0.25, -0.2) is 0 Å². The maximum atomic E-state index is 12.7. The zero-order valence-corrected chi connectivity index (χ0v) is 20.6. The van der Waals surface area contributed by atoms with Gasteiger partial charge in [0, 0.05) is 64.7 Å². The number of likely N-dealkylation sites (tertiary alicyclic amines) is 1. The number of carbonyl (C=O) groups excluding carboxylic acids is 1. The highest BCUT2D eigenvalue weighted by Gasteiger charge is 2.21. The first-order valence-corrected chi connectivity index (χ1v) is 12.8. The molecule has 1 aromatic carbocycles. The lowest BCUT2D eigenvalue weighted by Gasteiger charge is -2.33. The van der Waals surface area contributed by atoms with E-state index in [9.17, 15) is 4.79 Å². The summed E-state index contributed by atoms with van der Waals surface area (Å²) in [5, 5.41) is 16.6. The fourth-order valence-electron chi connectivity index (χ4n) is 4.94. The Morgan fingerprint density at radius 1 is 0.943 bits per heavy atom. The van der Waals surface area contributed by atoms with E-state index in [1.54, 1.807) is 4.52 Å². The second-order valence-corrected chi connectivity index (χ2v) is 9.79. The van der Waals surface area contributed by atoms with Crippen LogP contribution in [0.4, 0.5) is 5.82 Å². The largest absolute Gasteiger partial charge is 0.353 e. The Morgan fingerprint density at radius 3 is 2.49 bits per heavy atom. The SMILES string of the molecule is CN1CCN(c2ccc3nnc(CCC(=O)NC4CCN(CCc5ccccc5)CC4)n3n2)CC1. The molecule has 0 atom stereocenters. The zero-order valence-electron chi connectivity index (χ0n) is 20.6. The normalized spacial score (nSPS) is 18.3. The van der Waals surface area contributed by atoms with Gasteiger partial charge in [0.05, 0.1) is 0 Å². The van der Waals surface area contributed by atoms with Crippen molar-refractivity contribution in [2.75, 3.05) is 57.8 Å². The van der Waals surface area contributed by atoms with Crippen LogP contribution in [0.2, 0.25) is 0 Å². The summed E-state index contributed by atoms with van der Waals surface area (Å²) in [5.41, 5.74) is 2.11. The molecule has 2 aromatic heterocycles. The van der Waals surface area contributed by atoms with Gasteiger partial charge in [-0.3, -0.25) is 4.79 Å². The van der Waals surface area contributed by atoms with Crippen molar-refractivity contribution in [2.45, 2.75) is 38.1 Å². The third kappa shape index (κ3) is 6.15. The van der Waals surface area contributed by atoms with Gasteiger partial charge in [-0.2, -0.15) is 4.52 Å². The first-order valence-electron chi connectivity index (χ1n) is 12.8. The molecule has 1 N–H and O–H groups in total. The number of nitrogens with one attached hydrogen (secondary N) is 1. The summed E-state index contributed by atoms with van der Waals surface area (Å²) in [6.07, 6.45) is 4.01. The van der Waals surface area contributed by atoms with Crippen molar-refractivity contribution in [3.05, 3.63) is 53.9 Å². The fraction of sp³-hybridized carbons (Fsp3) is 0.538. The van der Waals surface area contributed by atoms with E-state index in [4.69, 9.17) is 5.10 Å². The summed E-state index contributed by atoms with van der Waals surface area (Å²) in [6, 6.07) is 14.9. The molecule has 0 saturated carbocycles. The van der Waals surface area contributed by atoms with Gasteiger partial charge < -0.3 is 20.0 Å². The minimum absolute atomic E-state index is 0.0831. The average Bonchev–Trinajstić information content (AvgIpc) is 3.30. The van der Waals surface area contributed by atoms with E-state index in [2.05, 4.69) is 67.6 Å². The molecule has 9 heteroatoms. The topological polar surface area (TPSA) is 81.9 Å². The highest BCUT2D eigenvalue weighted by molar-refractivity contribution is 5.76. The van der Waals surface area contributed by atoms with Crippen LogP contribution in [0.5, 0.6) is 0 Å². The van der Waals surface area contributed by atoms with E-state index in [1.807, 2.05) is 12.1 Å².